The molecule has 0 radical (unpaired) electrons. The van der Waals surface area contributed by atoms with Gasteiger partial charge < -0.3 is 9.72 Å². The number of amides is 1. The summed E-state index contributed by atoms with van der Waals surface area (Å²) < 4.78 is 5.21. The number of carbonyl (C=O) groups is 1. The zero-order chi connectivity index (χ0) is 17.2. The van der Waals surface area contributed by atoms with Gasteiger partial charge >= 0.3 is 6.09 Å². The number of aromatic nitrogens is 2. The number of anilines is 1. The fraction of sp³-hybridized carbons (Fsp3) is 0.222. The van der Waals surface area contributed by atoms with Gasteiger partial charge in [-0.15, -0.1) is 11.3 Å². The zero-order valence-electron chi connectivity index (χ0n) is 13.8. The molecule has 24 heavy (non-hydrogen) atoms. The van der Waals surface area contributed by atoms with Crippen molar-refractivity contribution in [3.8, 4) is 0 Å². The average Bonchev–Trinajstić information content (AvgIpc) is 3.11. The topological polar surface area (TPSA) is 67.0 Å². The maximum Gasteiger partial charge on any atom is 0.413 e. The standard InChI is InChI=1S/C18H19N3O2S/c1-18(2,3)23-17(22)21-16-20-14(11-24-16)6-4-12-5-7-15-13(10-12)8-9-19-15/h4-11,19H,1-3H3,(H,20,21,22). The zero-order valence-corrected chi connectivity index (χ0v) is 14.6. The molecule has 2 aromatic heterocycles. The second-order valence-corrected chi connectivity index (χ2v) is 7.22. The lowest BCUT2D eigenvalue weighted by molar-refractivity contribution is 0.0636. The fourth-order valence-electron chi connectivity index (χ4n) is 2.17. The highest BCUT2D eigenvalue weighted by molar-refractivity contribution is 7.14. The van der Waals surface area contributed by atoms with Crippen LogP contribution >= 0.6 is 11.3 Å². The minimum Gasteiger partial charge on any atom is -0.444 e. The third kappa shape index (κ3) is 4.23. The molecule has 0 atom stereocenters. The highest BCUT2D eigenvalue weighted by Crippen LogP contribution is 2.20. The Labute approximate surface area is 144 Å². The average molecular weight is 341 g/mol. The van der Waals surface area contributed by atoms with E-state index in [-0.39, 0.29) is 0 Å². The van der Waals surface area contributed by atoms with Crippen LogP contribution in [0.3, 0.4) is 0 Å². The number of aromatic amines is 1. The molecule has 0 fully saturated rings. The van der Waals surface area contributed by atoms with Crippen molar-refractivity contribution in [2.75, 3.05) is 5.32 Å². The molecular formula is C18H19N3O2S. The van der Waals surface area contributed by atoms with Gasteiger partial charge in [0.1, 0.15) is 5.60 Å². The van der Waals surface area contributed by atoms with Gasteiger partial charge in [0.25, 0.3) is 0 Å². The summed E-state index contributed by atoms with van der Waals surface area (Å²) in [6, 6.07) is 8.24. The van der Waals surface area contributed by atoms with Crippen LogP contribution in [0.25, 0.3) is 23.1 Å². The Morgan fingerprint density at radius 1 is 1.29 bits per heavy atom. The number of nitrogens with one attached hydrogen (secondary N) is 2. The van der Waals surface area contributed by atoms with Gasteiger partial charge in [-0.1, -0.05) is 12.1 Å². The first-order chi connectivity index (χ1) is 11.4. The van der Waals surface area contributed by atoms with Crippen LogP contribution in [-0.2, 0) is 4.74 Å². The molecule has 1 aromatic carbocycles. The summed E-state index contributed by atoms with van der Waals surface area (Å²) >= 11 is 1.36. The van der Waals surface area contributed by atoms with E-state index >= 15 is 0 Å². The first-order valence-electron chi connectivity index (χ1n) is 7.60. The number of thiazole rings is 1. The van der Waals surface area contributed by atoms with Crippen LogP contribution in [0.1, 0.15) is 32.0 Å². The number of hydrogen-bond acceptors (Lipinski definition) is 4. The Hall–Kier alpha value is -2.60. The summed E-state index contributed by atoms with van der Waals surface area (Å²) in [6.45, 7) is 5.47. The van der Waals surface area contributed by atoms with Crippen molar-refractivity contribution >= 4 is 45.6 Å². The van der Waals surface area contributed by atoms with Gasteiger partial charge in [-0.25, -0.2) is 9.78 Å². The number of nitrogens with zero attached hydrogens (tertiary/aromatic N) is 1. The van der Waals surface area contributed by atoms with E-state index < -0.39 is 11.7 Å². The molecule has 0 aliphatic rings. The van der Waals surface area contributed by atoms with Gasteiger partial charge in [0.2, 0.25) is 0 Å². The van der Waals surface area contributed by atoms with Crippen LogP contribution < -0.4 is 5.32 Å². The lowest BCUT2D eigenvalue weighted by Gasteiger charge is -2.18. The Bertz CT molecular complexity index is 887. The molecule has 0 aliphatic heterocycles. The van der Waals surface area contributed by atoms with Crippen molar-refractivity contribution in [3.05, 3.63) is 47.1 Å². The lowest BCUT2D eigenvalue weighted by Crippen LogP contribution is -2.27. The van der Waals surface area contributed by atoms with E-state index in [0.717, 1.165) is 16.8 Å². The van der Waals surface area contributed by atoms with Gasteiger partial charge in [0, 0.05) is 17.1 Å². The summed E-state index contributed by atoms with van der Waals surface area (Å²) in [6.07, 6.45) is 5.35. The Morgan fingerprint density at radius 2 is 2.12 bits per heavy atom. The molecule has 0 unspecified atom stereocenters. The van der Waals surface area contributed by atoms with Crippen molar-refractivity contribution in [1.29, 1.82) is 0 Å². The van der Waals surface area contributed by atoms with E-state index in [1.165, 1.54) is 16.7 Å². The van der Waals surface area contributed by atoms with E-state index in [2.05, 4.69) is 21.4 Å². The normalized spacial score (nSPS) is 12.0. The lowest BCUT2D eigenvalue weighted by atomic mass is 10.1. The predicted octanol–water partition coefficient (Wildman–Crippen LogP) is 5.14. The Balaban J connectivity index is 1.66. The highest BCUT2D eigenvalue weighted by atomic mass is 32.1. The SMILES string of the molecule is CC(C)(C)OC(=O)Nc1nc(C=Cc2ccc3[nH]ccc3c2)cs1. The summed E-state index contributed by atoms with van der Waals surface area (Å²) in [4.78, 5) is 19.3. The van der Waals surface area contributed by atoms with Crippen LogP contribution in [0.5, 0.6) is 0 Å². The molecule has 0 bridgehead atoms. The molecule has 2 heterocycles. The highest BCUT2D eigenvalue weighted by Gasteiger charge is 2.17. The minimum absolute atomic E-state index is 0.495. The van der Waals surface area contributed by atoms with Gasteiger partial charge in [-0.05, 0) is 56.0 Å². The molecule has 0 saturated carbocycles. The second-order valence-electron chi connectivity index (χ2n) is 6.36. The van der Waals surface area contributed by atoms with Gasteiger partial charge in [0.15, 0.2) is 5.13 Å². The molecule has 0 saturated heterocycles. The van der Waals surface area contributed by atoms with Crippen LogP contribution in [0.15, 0.2) is 35.8 Å². The van der Waals surface area contributed by atoms with Crippen molar-refractivity contribution in [2.24, 2.45) is 0 Å². The maximum absolute atomic E-state index is 11.7. The van der Waals surface area contributed by atoms with Crippen LogP contribution in [-0.4, -0.2) is 21.7 Å². The van der Waals surface area contributed by atoms with E-state index in [1.54, 1.807) is 0 Å². The molecule has 3 aromatic rings. The van der Waals surface area contributed by atoms with Gasteiger partial charge in [-0.3, -0.25) is 5.32 Å². The number of rotatable bonds is 3. The van der Waals surface area contributed by atoms with Crippen molar-refractivity contribution < 1.29 is 9.53 Å². The minimum atomic E-state index is -0.527. The van der Waals surface area contributed by atoms with E-state index in [9.17, 15) is 4.79 Å². The van der Waals surface area contributed by atoms with Crippen LogP contribution in [0.2, 0.25) is 0 Å². The molecule has 124 valence electrons. The molecule has 3 rings (SSSR count). The summed E-state index contributed by atoms with van der Waals surface area (Å²) in [5.41, 5.74) is 2.47. The van der Waals surface area contributed by atoms with E-state index in [1.807, 2.05) is 62.7 Å². The molecule has 6 heteroatoms. The number of hydrogen-bond donors (Lipinski definition) is 2. The van der Waals surface area contributed by atoms with E-state index in [4.69, 9.17) is 4.74 Å². The third-order valence-corrected chi connectivity index (χ3v) is 3.93. The molecule has 1 amide bonds. The monoisotopic (exact) mass is 341 g/mol. The van der Waals surface area contributed by atoms with E-state index in [0.29, 0.717) is 5.13 Å². The number of ether oxygens (including phenoxy) is 1. The number of benzene rings is 1. The first kappa shape index (κ1) is 16.3. The molecule has 2 N–H and O–H groups in total. The number of fused-ring (bicyclic) bond motifs is 1. The molecular weight excluding hydrogens is 322 g/mol. The smallest absolute Gasteiger partial charge is 0.413 e. The summed E-state index contributed by atoms with van der Waals surface area (Å²) in [5.74, 6) is 0. The largest absolute Gasteiger partial charge is 0.444 e. The number of H-pyrrole nitrogens is 1. The first-order valence-corrected chi connectivity index (χ1v) is 8.48. The predicted molar refractivity (Wildman–Crippen MR) is 99.2 cm³/mol. The third-order valence-electron chi connectivity index (χ3n) is 3.15. The second kappa shape index (κ2) is 6.49. The molecule has 0 spiro atoms. The number of carbonyl (C=O) groups excluding carboxylic acids is 1. The van der Waals surface area contributed by atoms with Crippen molar-refractivity contribution in [1.82, 2.24) is 9.97 Å². The molecule has 5 nitrogen and oxygen atoms in total. The van der Waals surface area contributed by atoms with Crippen LogP contribution in [0, 0.1) is 0 Å². The summed E-state index contributed by atoms with van der Waals surface area (Å²) in [5, 5.41) is 6.22. The maximum atomic E-state index is 11.7. The van der Waals surface area contributed by atoms with Crippen molar-refractivity contribution in [2.45, 2.75) is 26.4 Å². The Kier molecular flexibility index (Phi) is 4.40. The quantitative estimate of drug-likeness (QED) is 0.693. The van der Waals surface area contributed by atoms with Crippen molar-refractivity contribution in [3.63, 3.8) is 0 Å². The summed E-state index contributed by atoms with van der Waals surface area (Å²) in [7, 11) is 0. The fourth-order valence-corrected chi connectivity index (χ4v) is 2.83. The van der Waals surface area contributed by atoms with Gasteiger partial charge in [-0.2, -0.15) is 0 Å². The van der Waals surface area contributed by atoms with Gasteiger partial charge in [0.05, 0.1) is 5.69 Å². The Morgan fingerprint density at radius 3 is 2.92 bits per heavy atom. The molecule has 0 aliphatic carbocycles. The van der Waals surface area contributed by atoms with Crippen LogP contribution in [0.4, 0.5) is 9.93 Å².